The van der Waals surface area contributed by atoms with Gasteiger partial charge < -0.3 is 16.2 Å². The summed E-state index contributed by atoms with van der Waals surface area (Å²) < 4.78 is 0. The molecule has 0 amide bonds. The van der Waals surface area contributed by atoms with E-state index in [4.69, 9.17) is 15.7 Å². The number of anilines is 1. The predicted octanol–water partition coefficient (Wildman–Crippen LogP) is 1.11. The maximum Gasteiger partial charge on any atom is 0.320 e. The summed E-state index contributed by atoms with van der Waals surface area (Å²) in [4.78, 5) is 15.8. The van der Waals surface area contributed by atoms with Crippen LogP contribution in [0.4, 0.5) is 5.69 Å². The molecule has 1 aromatic rings. The number of rotatable bonds is 9. The zero-order valence-electron chi connectivity index (χ0n) is 11.6. The number of nitrogens with two attached hydrogens (primary N) is 1. The Balaban J connectivity index is 2.31. The maximum absolute atomic E-state index is 10.7. The predicted molar refractivity (Wildman–Crippen MR) is 78.1 cm³/mol. The molecule has 110 valence electrons. The lowest BCUT2D eigenvalue weighted by Gasteiger charge is -2.10. The SMILES string of the molecule is C=C(C)NOCCNc1ccc(CC(N)C(=O)O)cc1. The maximum atomic E-state index is 10.7. The Hall–Kier alpha value is -2.05. The quantitative estimate of drug-likeness (QED) is 0.399. The minimum Gasteiger partial charge on any atom is -0.480 e. The van der Waals surface area contributed by atoms with Crippen molar-refractivity contribution in [1.82, 2.24) is 5.48 Å². The van der Waals surface area contributed by atoms with E-state index in [1.807, 2.05) is 31.2 Å². The van der Waals surface area contributed by atoms with Crippen molar-refractivity contribution < 1.29 is 14.7 Å². The topological polar surface area (TPSA) is 96.6 Å². The van der Waals surface area contributed by atoms with Crippen molar-refractivity contribution in [1.29, 1.82) is 0 Å². The van der Waals surface area contributed by atoms with E-state index in [-0.39, 0.29) is 0 Å². The lowest BCUT2D eigenvalue weighted by atomic mass is 10.1. The summed E-state index contributed by atoms with van der Waals surface area (Å²) in [5.41, 5.74) is 10.7. The summed E-state index contributed by atoms with van der Waals surface area (Å²) in [6.07, 6.45) is 0.321. The van der Waals surface area contributed by atoms with Crippen molar-refractivity contribution in [2.75, 3.05) is 18.5 Å². The standard InChI is InChI=1S/C14H21N3O3/c1-10(2)17-20-8-7-16-12-5-3-11(4-6-12)9-13(15)14(18)19/h3-6,13,16-17H,1,7-9,15H2,2H3,(H,18,19). The van der Waals surface area contributed by atoms with Crippen LogP contribution in [0.15, 0.2) is 36.5 Å². The summed E-state index contributed by atoms with van der Waals surface area (Å²) >= 11 is 0. The van der Waals surface area contributed by atoms with Gasteiger partial charge in [0.15, 0.2) is 0 Å². The Labute approximate surface area is 118 Å². The van der Waals surface area contributed by atoms with Gasteiger partial charge in [-0.2, -0.15) is 0 Å². The number of carbonyl (C=O) groups is 1. The van der Waals surface area contributed by atoms with Gasteiger partial charge in [0.25, 0.3) is 0 Å². The molecule has 5 N–H and O–H groups in total. The van der Waals surface area contributed by atoms with E-state index >= 15 is 0 Å². The summed E-state index contributed by atoms with van der Waals surface area (Å²) in [5.74, 6) is -0.991. The summed E-state index contributed by atoms with van der Waals surface area (Å²) in [5, 5.41) is 11.9. The molecule has 6 heteroatoms. The Kier molecular flexibility index (Phi) is 6.55. The fourth-order valence-corrected chi connectivity index (χ4v) is 1.52. The molecule has 1 atom stereocenters. The molecule has 6 nitrogen and oxygen atoms in total. The molecule has 0 saturated carbocycles. The molecule has 0 fully saturated rings. The molecule has 0 spiro atoms. The Morgan fingerprint density at radius 3 is 2.65 bits per heavy atom. The van der Waals surface area contributed by atoms with Crippen molar-refractivity contribution in [2.45, 2.75) is 19.4 Å². The molecule has 1 aromatic carbocycles. The highest BCUT2D eigenvalue weighted by Crippen LogP contribution is 2.10. The van der Waals surface area contributed by atoms with Gasteiger partial charge in [-0.15, -0.1) is 0 Å². The minimum atomic E-state index is -0.991. The van der Waals surface area contributed by atoms with Gasteiger partial charge in [0.1, 0.15) is 6.04 Å². The smallest absolute Gasteiger partial charge is 0.320 e. The van der Waals surface area contributed by atoms with Crippen molar-refractivity contribution in [3.63, 3.8) is 0 Å². The summed E-state index contributed by atoms with van der Waals surface area (Å²) in [6.45, 7) is 6.61. The fraction of sp³-hybridized carbons (Fsp3) is 0.357. The van der Waals surface area contributed by atoms with Crippen LogP contribution in [-0.2, 0) is 16.1 Å². The van der Waals surface area contributed by atoms with E-state index in [1.54, 1.807) is 0 Å². The average molecular weight is 279 g/mol. The largest absolute Gasteiger partial charge is 0.480 e. The van der Waals surface area contributed by atoms with Crippen LogP contribution in [0, 0.1) is 0 Å². The molecule has 1 unspecified atom stereocenters. The molecule has 0 saturated heterocycles. The number of hydroxylamine groups is 1. The molecule has 0 aliphatic heterocycles. The van der Waals surface area contributed by atoms with Crippen molar-refractivity contribution >= 4 is 11.7 Å². The third kappa shape index (κ3) is 6.21. The van der Waals surface area contributed by atoms with Crippen LogP contribution in [0.3, 0.4) is 0 Å². The molecular formula is C14H21N3O3. The van der Waals surface area contributed by atoms with E-state index in [9.17, 15) is 4.79 Å². The first-order chi connectivity index (χ1) is 9.49. The molecular weight excluding hydrogens is 258 g/mol. The van der Waals surface area contributed by atoms with Gasteiger partial charge in [0.2, 0.25) is 0 Å². The van der Waals surface area contributed by atoms with Crippen LogP contribution in [-0.4, -0.2) is 30.3 Å². The molecule has 0 aromatic heterocycles. The fourth-order valence-electron chi connectivity index (χ4n) is 1.52. The minimum absolute atomic E-state index is 0.321. The van der Waals surface area contributed by atoms with Gasteiger partial charge in [-0.3, -0.25) is 15.1 Å². The molecule has 0 aliphatic rings. The highest BCUT2D eigenvalue weighted by Gasteiger charge is 2.11. The van der Waals surface area contributed by atoms with Gasteiger partial charge in [0.05, 0.1) is 6.61 Å². The van der Waals surface area contributed by atoms with Gasteiger partial charge in [-0.25, -0.2) is 0 Å². The molecule has 0 aliphatic carbocycles. The number of nitrogens with one attached hydrogen (secondary N) is 2. The van der Waals surface area contributed by atoms with Crippen LogP contribution in [0.25, 0.3) is 0 Å². The second-order valence-electron chi connectivity index (χ2n) is 4.50. The number of aliphatic carboxylic acids is 1. The van der Waals surface area contributed by atoms with Gasteiger partial charge in [-0.1, -0.05) is 18.7 Å². The molecule has 0 bridgehead atoms. The third-order valence-electron chi connectivity index (χ3n) is 2.51. The average Bonchev–Trinajstić information content (AvgIpc) is 2.39. The van der Waals surface area contributed by atoms with E-state index in [2.05, 4.69) is 17.4 Å². The van der Waals surface area contributed by atoms with Crippen molar-refractivity contribution in [2.24, 2.45) is 5.73 Å². The first-order valence-corrected chi connectivity index (χ1v) is 6.33. The van der Waals surface area contributed by atoms with Crippen LogP contribution in [0.1, 0.15) is 12.5 Å². The molecule has 20 heavy (non-hydrogen) atoms. The van der Waals surface area contributed by atoms with Crippen LogP contribution >= 0.6 is 0 Å². The van der Waals surface area contributed by atoms with Crippen LogP contribution in [0.5, 0.6) is 0 Å². The monoisotopic (exact) mass is 279 g/mol. The van der Waals surface area contributed by atoms with Crippen LogP contribution in [0.2, 0.25) is 0 Å². The van der Waals surface area contributed by atoms with E-state index in [0.29, 0.717) is 19.6 Å². The third-order valence-corrected chi connectivity index (χ3v) is 2.51. The Bertz CT molecular complexity index is 445. The highest BCUT2D eigenvalue weighted by atomic mass is 16.6. The highest BCUT2D eigenvalue weighted by molar-refractivity contribution is 5.73. The second kappa shape index (κ2) is 8.19. The normalized spacial score (nSPS) is 11.7. The van der Waals surface area contributed by atoms with E-state index in [0.717, 1.165) is 16.9 Å². The van der Waals surface area contributed by atoms with E-state index in [1.165, 1.54) is 0 Å². The number of hydrogen-bond acceptors (Lipinski definition) is 5. The number of benzene rings is 1. The Morgan fingerprint density at radius 2 is 2.10 bits per heavy atom. The molecule has 0 heterocycles. The molecule has 1 rings (SSSR count). The zero-order valence-corrected chi connectivity index (χ0v) is 11.6. The zero-order chi connectivity index (χ0) is 15.0. The van der Waals surface area contributed by atoms with Gasteiger partial charge >= 0.3 is 5.97 Å². The lowest BCUT2D eigenvalue weighted by molar-refractivity contribution is -0.138. The van der Waals surface area contributed by atoms with E-state index < -0.39 is 12.0 Å². The number of carboxylic acid groups (broad SMARTS) is 1. The van der Waals surface area contributed by atoms with Gasteiger partial charge in [-0.05, 0) is 31.0 Å². The Morgan fingerprint density at radius 1 is 1.45 bits per heavy atom. The lowest BCUT2D eigenvalue weighted by Crippen LogP contribution is -2.32. The number of hydrogen-bond donors (Lipinski definition) is 4. The van der Waals surface area contributed by atoms with Crippen LogP contribution < -0.4 is 16.5 Å². The second-order valence-corrected chi connectivity index (χ2v) is 4.50. The first-order valence-electron chi connectivity index (χ1n) is 6.33. The first kappa shape index (κ1) is 16.0. The summed E-state index contributed by atoms with van der Waals surface area (Å²) in [6, 6.07) is 6.62. The van der Waals surface area contributed by atoms with Crippen molar-refractivity contribution in [3.05, 3.63) is 42.1 Å². The molecule has 0 radical (unpaired) electrons. The number of carboxylic acids is 1. The number of allylic oxidation sites excluding steroid dienone is 1. The van der Waals surface area contributed by atoms with Crippen molar-refractivity contribution in [3.8, 4) is 0 Å². The summed E-state index contributed by atoms with van der Waals surface area (Å²) in [7, 11) is 0. The van der Waals surface area contributed by atoms with Gasteiger partial charge in [0, 0.05) is 17.9 Å².